The summed E-state index contributed by atoms with van der Waals surface area (Å²) >= 11 is 6.94. The van der Waals surface area contributed by atoms with Gasteiger partial charge in [0.25, 0.3) is 0 Å². The van der Waals surface area contributed by atoms with Gasteiger partial charge in [-0.1, -0.05) is 0 Å². The molecule has 1 atom stereocenters. The zero-order valence-electron chi connectivity index (χ0n) is 11.8. The highest BCUT2D eigenvalue weighted by Crippen LogP contribution is 2.23. The maximum absolute atomic E-state index is 12.0. The molecule has 1 saturated heterocycles. The minimum absolute atomic E-state index is 0.0551. The Balaban J connectivity index is 1.93. The van der Waals surface area contributed by atoms with Crippen molar-refractivity contribution < 1.29 is 4.79 Å². The minimum Gasteiger partial charge on any atom is -0.355 e. The van der Waals surface area contributed by atoms with Crippen LogP contribution in [-0.4, -0.2) is 42.0 Å². The van der Waals surface area contributed by atoms with Crippen molar-refractivity contribution in [2.45, 2.75) is 19.4 Å². The standard InChI is InChI=1S/C14H20Br2N4O/c15-11-6-12(16)13(19-7-11)9-20-5-1-2-10(8-20)14(21)18-4-3-17/h6-7,10H,1-5,8-9,17H2,(H,18,21). The molecule has 116 valence electrons. The fraction of sp³-hybridized carbons (Fsp3) is 0.571. The number of nitrogens with one attached hydrogen (secondary N) is 1. The molecule has 0 aliphatic carbocycles. The number of likely N-dealkylation sites (tertiary alicyclic amines) is 1. The Kier molecular flexibility index (Phi) is 6.60. The van der Waals surface area contributed by atoms with Crippen molar-refractivity contribution >= 4 is 37.8 Å². The topological polar surface area (TPSA) is 71.2 Å². The molecule has 1 aromatic rings. The summed E-state index contributed by atoms with van der Waals surface area (Å²) in [6.45, 7) is 3.58. The monoisotopic (exact) mass is 418 g/mol. The molecule has 0 aromatic carbocycles. The van der Waals surface area contributed by atoms with Crippen LogP contribution in [0.1, 0.15) is 18.5 Å². The van der Waals surface area contributed by atoms with E-state index in [0.29, 0.717) is 13.1 Å². The fourth-order valence-electron chi connectivity index (χ4n) is 2.52. The molecule has 7 heteroatoms. The van der Waals surface area contributed by atoms with E-state index >= 15 is 0 Å². The van der Waals surface area contributed by atoms with Crippen molar-refractivity contribution in [2.75, 3.05) is 26.2 Å². The van der Waals surface area contributed by atoms with E-state index < -0.39 is 0 Å². The lowest BCUT2D eigenvalue weighted by atomic mass is 9.97. The molecule has 3 N–H and O–H groups in total. The molecule has 1 amide bonds. The summed E-state index contributed by atoms with van der Waals surface area (Å²) in [4.78, 5) is 18.8. The van der Waals surface area contributed by atoms with E-state index in [9.17, 15) is 4.79 Å². The molecule has 1 fully saturated rings. The van der Waals surface area contributed by atoms with Crippen LogP contribution in [0.3, 0.4) is 0 Å². The number of rotatable bonds is 5. The molecule has 0 spiro atoms. The Labute approximate surface area is 141 Å². The first kappa shape index (κ1) is 16.9. The molecule has 1 aromatic heterocycles. The van der Waals surface area contributed by atoms with E-state index in [-0.39, 0.29) is 11.8 Å². The van der Waals surface area contributed by atoms with E-state index in [4.69, 9.17) is 5.73 Å². The number of amides is 1. The van der Waals surface area contributed by atoms with Crippen LogP contribution >= 0.6 is 31.9 Å². The average Bonchev–Trinajstić information content (AvgIpc) is 2.48. The highest BCUT2D eigenvalue weighted by molar-refractivity contribution is 9.11. The molecule has 0 bridgehead atoms. The van der Waals surface area contributed by atoms with Gasteiger partial charge in [0.2, 0.25) is 5.91 Å². The zero-order chi connectivity index (χ0) is 15.2. The number of pyridine rings is 1. The normalized spacial score (nSPS) is 19.5. The fourth-order valence-corrected chi connectivity index (χ4v) is 3.64. The number of carbonyl (C=O) groups excluding carboxylic acids is 1. The molecule has 21 heavy (non-hydrogen) atoms. The Bertz CT molecular complexity index is 498. The molecular weight excluding hydrogens is 400 g/mol. The maximum Gasteiger partial charge on any atom is 0.224 e. The van der Waals surface area contributed by atoms with Gasteiger partial charge in [-0.3, -0.25) is 14.7 Å². The Morgan fingerprint density at radius 2 is 2.33 bits per heavy atom. The van der Waals surface area contributed by atoms with Gasteiger partial charge in [0.15, 0.2) is 0 Å². The molecule has 0 radical (unpaired) electrons. The van der Waals surface area contributed by atoms with Crippen LogP contribution in [0, 0.1) is 5.92 Å². The van der Waals surface area contributed by atoms with E-state index in [1.165, 1.54) is 0 Å². The van der Waals surface area contributed by atoms with Gasteiger partial charge < -0.3 is 11.1 Å². The smallest absolute Gasteiger partial charge is 0.224 e. The number of piperidine rings is 1. The number of carbonyl (C=O) groups is 1. The van der Waals surface area contributed by atoms with Crippen LogP contribution in [0.25, 0.3) is 0 Å². The van der Waals surface area contributed by atoms with Gasteiger partial charge in [-0.25, -0.2) is 0 Å². The van der Waals surface area contributed by atoms with E-state index in [2.05, 4.69) is 47.1 Å². The van der Waals surface area contributed by atoms with Gasteiger partial charge >= 0.3 is 0 Å². The molecule has 0 saturated carbocycles. The first-order valence-electron chi connectivity index (χ1n) is 7.10. The summed E-state index contributed by atoms with van der Waals surface area (Å²) in [5.74, 6) is 0.174. The number of aromatic nitrogens is 1. The van der Waals surface area contributed by atoms with Crippen molar-refractivity contribution in [3.63, 3.8) is 0 Å². The predicted molar refractivity (Wildman–Crippen MR) is 89.7 cm³/mol. The zero-order valence-corrected chi connectivity index (χ0v) is 15.0. The summed E-state index contributed by atoms with van der Waals surface area (Å²) < 4.78 is 1.95. The van der Waals surface area contributed by atoms with Crippen molar-refractivity contribution in [3.05, 3.63) is 26.9 Å². The number of halogens is 2. The second kappa shape index (κ2) is 8.22. The van der Waals surface area contributed by atoms with E-state index in [1.54, 1.807) is 6.20 Å². The predicted octanol–water partition coefficient (Wildman–Crippen LogP) is 1.89. The number of hydrogen-bond donors (Lipinski definition) is 2. The van der Waals surface area contributed by atoms with Crippen LogP contribution in [0.5, 0.6) is 0 Å². The summed E-state index contributed by atoms with van der Waals surface area (Å²) in [5, 5.41) is 2.88. The van der Waals surface area contributed by atoms with E-state index in [1.807, 2.05) is 6.07 Å². The maximum atomic E-state index is 12.0. The van der Waals surface area contributed by atoms with Gasteiger partial charge in [0.05, 0.1) is 11.6 Å². The van der Waals surface area contributed by atoms with Crippen molar-refractivity contribution in [3.8, 4) is 0 Å². The lowest BCUT2D eigenvalue weighted by molar-refractivity contribution is -0.126. The Hall–Kier alpha value is -0.500. The van der Waals surface area contributed by atoms with Crippen LogP contribution in [0.2, 0.25) is 0 Å². The van der Waals surface area contributed by atoms with Crippen LogP contribution in [0.15, 0.2) is 21.2 Å². The third-order valence-electron chi connectivity index (χ3n) is 3.58. The molecule has 2 rings (SSSR count). The Morgan fingerprint density at radius 1 is 1.52 bits per heavy atom. The van der Waals surface area contributed by atoms with Crippen molar-refractivity contribution in [1.29, 1.82) is 0 Å². The molecule has 1 aliphatic rings. The highest BCUT2D eigenvalue weighted by Gasteiger charge is 2.26. The largest absolute Gasteiger partial charge is 0.355 e. The van der Waals surface area contributed by atoms with Gasteiger partial charge in [0, 0.05) is 41.3 Å². The average molecular weight is 420 g/mol. The highest BCUT2D eigenvalue weighted by atomic mass is 79.9. The quantitative estimate of drug-likeness (QED) is 0.764. The second-order valence-corrected chi connectivity index (χ2v) is 7.01. The molecular formula is C14H20Br2N4O. The third kappa shape index (κ3) is 5.02. The molecule has 5 nitrogen and oxygen atoms in total. The van der Waals surface area contributed by atoms with Crippen LogP contribution < -0.4 is 11.1 Å². The number of nitrogens with two attached hydrogens (primary N) is 1. The molecule has 2 heterocycles. The summed E-state index contributed by atoms with van der Waals surface area (Å²) in [6, 6.07) is 2.00. The van der Waals surface area contributed by atoms with Crippen LogP contribution in [0.4, 0.5) is 0 Å². The van der Waals surface area contributed by atoms with E-state index in [0.717, 1.165) is 47.1 Å². The summed E-state index contributed by atoms with van der Waals surface area (Å²) in [7, 11) is 0. The first-order valence-corrected chi connectivity index (χ1v) is 8.69. The molecule has 1 unspecified atom stereocenters. The first-order chi connectivity index (χ1) is 10.1. The third-order valence-corrected chi connectivity index (χ3v) is 4.70. The van der Waals surface area contributed by atoms with Gasteiger partial charge in [-0.05, 0) is 57.3 Å². The SMILES string of the molecule is NCCNC(=O)C1CCCN(Cc2ncc(Br)cc2Br)C1. The lowest BCUT2D eigenvalue weighted by Crippen LogP contribution is -2.43. The summed E-state index contributed by atoms with van der Waals surface area (Å²) in [6.07, 6.45) is 3.78. The lowest BCUT2D eigenvalue weighted by Gasteiger charge is -2.31. The Morgan fingerprint density at radius 3 is 3.05 bits per heavy atom. The van der Waals surface area contributed by atoms with Crippen molar-refractivity contribution in [1.82, 2.24) is 15.2 Å². The van der Waals surface area contributed by atoms with Gasteiger partial charge in [0.1, 0.15) is 0 Å². The second-order valence-electron chi connectivity index (χ2n) is 5.24. The van der Waals surface area contributed by atoms with Gasteiger partial charge in [-0.15, -0.1) is 0 Å². The number of nitrogens with zero attached hydrogens (tertiary/aromatic N) is 2. The number of hydrogen-bond acceptors (Lipinski definition) is 4. The molecule has 1 aliphatic heterocycles. The van der Waals surface area contributed by atoms with Crippen LogP contribution in [-0.2, 0) is 11.3 Å². The van der Waals surface area contributed by atoms with Gasteiger partial charge in [-0.2, -0.15) is 0 Å². The summed E-state index contributed by atoms with van der Waals surface area (Å²) in [5.41, 5.74) is 6.42. The minimum atomic E-state index is 0.0551. The van der Waals surface area contributed by atoms with Crippen molar-refractivity contribution in [2.24, 2.45) is 11.7 Å².